The van der Waals surface area contributed by atoms with Crippen LogP contribution < -0.4 is 10.6 Å². The smallest absolute Gasteiger partial charge is 0.247 e. The quantitative estimate of drug-likeness (QED) is 0.636. The van der Waals surface area contributed by atoms with Crippen molar-refractivity contribution in [2.24, 2.45) is 5.92 Å². The Morgan fingerprint density at radius 2 is 1.86 bits per heavy atom. The molecule has 2 heterocycles. The van der Waals surface area contributed by atoms with Gasteiger partial charge in [0, 0.05) is 25.1 Å². The maximum Gasteiger partial charge on any atom is 0.247 e. The molecule has 2 aromatic carbocycles. The van der Waals surface area contributed by atoms with Crippen LogP contribution in [0.5, 0.6) is 0 Å². The number of aromatic nitrogens is 1. The van der Waals surface area contributed by atoms with Crippen LogP contribution in [0, 0.1) is 12.8 Å². The lowest BCUT2D eigenvalue weighted by Gasteiger charge is -2.23. The molecule has 4 rings (SSSR count). The molecule has 1 saturated heterocycles. The van der Waals surface area contributed by atoms with Gasteiger partial charge in [0.15, 0.2) is 5.82 Å². The number of carbonyl (C=O) groups excluding carboxylic acids is 1. The van der Waals surface area contributed by atoms with Crippen molar-refractivity contribution in [3.05, 3.63) is 83.6 Å². The largest absolute Gasteiger partial charge is 0.373 e. The third kappa shape index (κ3) is 4.72. The highest BCUT2D eigenvalue weighted by atomic mass is 16.5. The minimum atomic E-state index is -0.495. The second-order valence-corrected chi connectivity index (χ2v) is 7.31. The Kier molecular flexibility index (Phi) is 6.03. The first kappa shape index (κ1) is 19.4. The van der Waals surface area contributed by atoms with E-state index in [9.17, 15) is 4.79 Å². The number of carbonyl (C=O) groups is 1. The van der Waals surface area contributed by atoms with Gasteiger partial charge in [-0.05, 0) is 24.5 Å². The van der Waals surface area contributed by atoms with Crippen LogP contribution >= 0.6 is 0 Å². The molecule has 1 aliphatic heterocycles. The number of benzene rings is 2. The zero-order valence-electron chi connectivity index (χ0n) is 16.4. The average Bonchev–Trinajstić information content (AvgIpc) is 3.38. The van der Waals surface area contributed by atoms with E-state index in [1.54, 1.807) is 13.0 Å². The Balaban J connectivity index is 1.47. The Hall–Kier alpha value is -2.96. The second kappa shape index (κ2) is 9.03. The number of nitrogens with zero attached hydrogens (tertiary/aromatic N) is 1. The third-order valence-corrected chi connectivity index (χ3v) is 5.20. The normalized spacial score (nSPS) is 19.8. The molecule has 0 saturated carbocycles. The highest BCUT2D eigenvalue weighted by Crippen LogP contribution is 2.34. The summed E-state index contributed by atoms with van der Waals surface area (Å²) in [6.07, 6.45) is 0.999. The number of nitrogens with one attached hydrogen (secondary N) is 2. The van der Waals surface area contributed by atoms with Gasteiger partial charge in [-0.2, -0.15) is 0 Å². The zero-order valence-corrected chi connectivity index (χ0v) is 16.4. The van der Waals surface area contributed by atoms with E-state index in [4.69, 9.17) is 9.26 Å². The number of ether oxygens (including phenoxy) is 1. The number of rotatable bonds is 7. The molecule has 1 aromatic heterocycles. The van der Waals surface area contributed by atoms with Gasteiger partial charge in [0.1, 0.15) is 11.8 Å². The van der Waals surface area contributed by atoms with Crippen LogP contribution in [0.2, 0.25) is 0 Å². The Bertz CT molecular complexity index is 927. The van der Waals surface area contributed by atoms with Gasteiger partial charge in [0.05, 0.1) is 6.10 Å². The van der Waals surface area contributed by atoms with Crippen LogP contribution in [0.25, 0.3) is 0 Å². The number of hydrogen-bond donors (Lipinski definition) is 2. The summed E-state index contributed by atoms with van der Waals surface area (Å²) < 4.78 is 11.0. The standard InChI is InChI=1S/C23H25N3O3/c1-16-14-20(26-29-16)25-23(27)21(17-8-4-2-5-9-17)24-15-19-12-13-28-22(19)18-10-6-3-7-11-18/h2-11,14,19,21-22,24H,12-13,15H2,1H3,(H,25,26,27)/t19-,21+,22-/m1/s1. The highest BCUT2D eigenvalue weighted by molar-refractivity contribution is 5.94. The highest BCUT2D eigenvalue weighted by Gasteiger charge is 2.31. The third-order valence-electron chi connectivity index (χ3n) is 5.20. The summed E-state index contributed by atoms with van der Waals surface area (Å²) in [7, 11) is 0. The van der Waals surface area contributed by atoms with E-state index in [1.165, 1.54) is 5.56 Å². The van der Waals surface area contributed by atoms with Crippen LogP contribution in [0.4, 0.5) is 5.82 Å². The first-order valence-corrected chi connectivity index (χ1v) is 9.90. The van der Waals surface area contributed by atoms with Gasteiger partial charge in [0.2, 0.25) is 5.91 Å². The molecule has 3 aromatic rings. The van der Waals surface area contributed by atoms with Gasteiger partial charge in [-0.3, -0.25) is 4.79 Å². The van der Waals surface area contributed by atoms with Gasteiger partial charge in [0.25, 0.3) is 0 Å². The summed E-state index contributed by atoms with van der Waals surface area (Å²) in [5.74, 6) is 1.20. The summed E-state index contributed by atoms with van der Waals surface area (Å²) >= 11 is 0. The van der Waals surface area contributed by atoms with E-state index in [1.807, 2.05) is 48.5 Å². The Morgan fingerprint density at radius 1 is 1.14 bits per heavy atom. The molecule has 1 amide bonds. The SMILES string of the molecule is Cc1cc(NC(=O)[C@@H](NC[C@H]2CCO[C@@H]2c2ccccc2)c2ccccc2)no1. The lowest BCUT2D eigenvalue weighted by molar-refractivity contribution is -0.118. The van der Waals surface area contributed by atoms with Crippen LogP contribution in [0.3, 0.4) is 0 Å². The zero-order chi connectivity index (χ0) is 20.1. The van der Waals surface area contributed by atoms with E-state index in [0.29, 0.717) is 24.0 Å². The Morgan fingerprint density at radius 3 is 2.55 bits per heavy atom. The fraction of sp³-hybridized carbons (Fsp3) is 0.304. The number of aryl methyl sites for hydroxylation is 1. The van der Waals surface area contributed by atoms with Crippen molar-refractivity contribution in [2.75, 3.05) is 18.5 Å². The first-order chi connectivity index (χ1) is 14.2. The maximum atomic E-state index is 13.0. The van der Waals surface area contributed by atoms with Gasteiger partial charge in [-0.1, -0.05) is 65.8 Å². The van der Waals surface area contributed by atoms with Gasteiger partial charge in [-0.15, -0.1) is 0 Å². The van der Waals surface area contributed by atoms with Crippen LogP contribution in [0.1, 0.15) is 35.5 Å². The number of anilines is 1. The van der Waals surface area contributed by atoms with Crippen molar-refractivity contribution < 1.29 is 14.1 Å². The van der Waals surface area contributed by atoms with E-state index in [0.717, 1.165) is 18.6 Å². The molecule has 2 N–H and O–H groups in total. The molecule has 6 heteroatoms. The summed E-state index contributed by atoms with van der Waals surface area (Å²) in [6, 6.07) is 21.2. The van der Waals surface area contributed by atoms with Crippen molar-refractivity contribution in [1.29, 1.82) is 0 Å². The maximum absolute atomic E-state index is 13.0. The summed E-state index contributed by atoms with van der Waals surface area (Å²) in [5.41, 5.74) is 2.08. The topological polar surface area (TPSA) is 76.4 Å². The molecular weight excluding hydrogens is 366 g/mol. The van der Waals surface area contributed by atoms with Crippen molar-refractivity contribution in [3.63, 3.8) is 0 Å². The molecule has 0 bridgehead atoms. The van der Waals surface area contributed by atoms with E-state index >= 15 is 0 Å². The molecule has 6 nitrogen and oxygen atoms in total. The van der Waals surface area contributed by atoms with Gasteiger partial charge >= 0.3 is 0 Å². The fourth-order valence-corrected chi connectivity index (χ4v) is 3.75. The molecule has 1 fully saturated rings. The van der Waals surface area contributed by atoms with E-state index in [-0.39, 0.29) is 12.0 Å². The van der Waals surface area contributed by atoms with Crippen LogP contribution in [-0.2, 0) is 9.53 Å². The minimum Gasteiger partial charge on any atom is -0.373 e. The van der Waals surface area contributed by atoms with Crippen molar-refractivity contribution in [2.45, 2.75) is 25.5 Å². The number of amides is 1. The van der Waals surface area contributed by atoms with Gasteiger partial charge < -0.3 is 19.9 Å². The summed E-state index contributed by atoms with van der Waals surface area (Å²) in [4.78, 5) is 13.0. The summed E-state index contributed by atoms with van der Waals surface area (Å²) in [5, 5.41) is 10.2. The molecule has 0 radical (unpaired) electrons. The molecular formula is C23H25N3O3. The van der Waals surface area contributed by atoms with E-state index < -0.39 is 6.04 Å². The molecule has 0 aliphatic carbocycles. The lowest BCUT2D eigenvalue weighted by atomic mass is 9.94. The van der Waals surface area contributed by atoms with Crippen molar-refractivity contribution in [1.82, 2.24) is 10.5 Å². The number of hydrogen-bond acceptors (Lipinski definition) is 5. The molecule has 150 valence electrons. The molecule has 3 atom stereocenters. The molecule has 0 spiro atoms. The second-order valence-electron chi connectivity index (χ2n) is 7.31. The predicted octanol–water partition coefficient (Wildman–Crippen LogP) is 4.03. The monoisotopic (exact) mass is 391 g/mol. The summed E-state index contributed by atoms with van der Waals surface area (Å²) in [6.45, 7) is 3.19. The van der Waals surface area contributed by atoms with Crippen molar-refractivity contribution >= 4 is 11.7 Å². The average molecular weight is 391 g/mol. The fourth-order valence-electron chi connectivity index (χ4n) is 3.75. The minimum absolute atomic E-state index is 0.0429. The molecule has 0 unspecified atom stereocenters. The van der Waals surface area contributed by atoms with Crippen molar-refractivity contribution in [3.8, 4) is 0 Å². The Labute approximate surface area is 170 Å². The first-order valence-electron chi connectivity index (χ1n) is 9.90. The van der Waals surface area contributed by atoms with Crippen LogP contribution in [-0.4, -0.2) is 24.2 Å². The van der Waals surface area contributed by atoms with Gasteiger partial charge in [-0.25, -0.2) is 0 Å². The predicted molar refractivity (Wildman–Crippen MR) is 110 cm³/mol. The molecule has 1 aliphatic rings. The van der Waals surface area contributed by atoms with Crippen LogP contribution in [0.15, 0.2) is 71.3 Å². The molecule has 29 heavy (non-hydrogen) atoms. The lowest BCUT2D eigenvalue weighted by Crippen LogP contribution is -2.36. The van der Waals surface area contributed by atoms with E-state index in [2.05, 4.69) is 27.9 Å².